The Labute approximate surface area is 116 Å². The van der Waals surface area contributed by atoms with Gasteiger partial charge in [-0.1, -0.05) is 18.7 Å². The monoisotopic (exact) mass is 286 g/mol. The molecule has 1 aromatic heterocycles. The Balaban J connectivity index is 2.14. The molecule has 1 aliphatic rings. The van der Waals surface area contributed by atoms with Crippen molar-refractivity contribution in [1.29, 1.82) is 0 Å². The summed E-state index contributed by atoms with van der Waals surface area (Å²) in [4.78, 5) is 15.0. The first-order valence-electron chi connectivity index (χ1n) is 6.04. The average Bonchev–Trinajstić information content (AvgIpc) is 3.02. The van der Waals surface area contributed by atoms with Crippen LogP contribution in [0, 0.1) is 0 Å². The van der Waals surface area contributed by atoms with Gasteiger partial charge < -0.3 is 9.67 Å². The number of imidazole rings is 1. The third kappa shape index (κ3) is 3.03. The van der Waals surface area contributed by atoms with Crippen molar-refractivity contribution in [3.8, 4) is 0 Å². The summed E-state index contributed by atoms with van der Waals surface area (Å²) in [6.45, 7) is 3.07. The molecule has 1 saturated carbocycles. The summed E-state index contributed by atoms with van der Waals surface area (Å²) in [5.74, 6) is -0.717. The molecule has 0 saturated heterocycles. The summed E-state index contributed by atoms with van der Waals surface area (Å²) < 4.78 is 2.57. The lowest BCUT2D eigenvalue weighted by atomic mass is 10.3. The molecule has 0 atom stereocenters. The Hall–Kier alpha value is -0.620. The summed E-state index contributed by atoms with van der Waals surface area (Å²) in [7, 11) is 0. The van der Waals surface area contributed by atoms with Gasteiger partial charge in [0, 0.05) is 23.2 Å². The maximum atomic E-state index is 10.7. The molecule has 1 aliphatic carbocycles. The Bertz CT molecular complexity index is 441. The van der Waals surface area contributed by atoms with Crippen LogP contribution in [0.1, 0.15) is 25.5 Å². The lowest BCUT2D eigenvalue weighted by molar-refractivity contribution is -0.133. The van der Waals surface area contributed by atoms with Gasteiger partial charge in [0.25, 0.3) is 0 Å². The van der Waals surface area contributed by atoms with Gasteiger partial charge in [-0.25, -0.2) is 4.98 Å². The molecule has 0 aromatic carbocycles. The van der Waals surface area contributed by atoms with Gasteiger partial charge in [0.2, 0.25) is 0 Å². The number of nitrogens with zero attached hydrogens (tertiary/aromatic N) is 2. The van der Waals surface area contributed by atoms with Crippen molar-refractivity contribution in [3.63, 3.8) is 0 Å². The normalized spacial score (nSPS) is 16.8. The van der Waals surface area contributed by atoms with E-state index in [-0.39, 0.29) is 5.75 Å². The first kappa shape index (κ1) is 13.8. The number of hydrogen-bond acceptors (Lipinski definition) is 4. The third-order valence-electron chi connectivity index (χ3n) is 3.28. The molecule has 0 amide bonds. The summed E-state index contributed by atoms with van der Waals surface area (Å²) in [6.07, 6.45) is 7.46. The van der Waals surface area contributed by atoms with E-state index in [2.05, 4.69) is 22.7 Å². The highest BCUT2D eigenvalue weighted by atomic mass is 32.2. The second kappa shape index (κ2) is 5.57. The molecular weight excluding hydrogens is 268 g/mol. The average molecular weight is 286 g/mol. The summed E-state index contributed by atoms with van der Waals surface area (Å²) in [6, 6.07) is 0. The first-order valence-corrected chi connectivity index (χ1v) is 8.25. The number of carboxylic acids is 1. The number of aliphatic carboxylic acids is 1. The fraction of sp³-hybridized carbons (Fsp3) is 0.667. The third-order valence-corrected chi connectivity index (χ3v) is 5.65. The highest BCUT2D eigenvalue weighted by Gasteiger charge is 2.42. The fourth-order valence-electron chi connectivity index (χ4n) is 1.94. The molecule has 1 aromatic rings. The Morgan fingerprint density at radius 2 is 2.33 bits per heavy atom. The predicted molar refractivity (Wildman–Crippen MR) is 75.4 cm³/mol. The lowest BCUT2D eigenvalue weighted by Gasteiger charge is -2.17. The highest BCUT2D eigenvalue weighted by molar-refractivity contribution is 8.00. The Morgan fingerprint density at radius 3 is 2.83 bits per heavy atom. The van der Waals surface area contributed by atoms with Crippen LogP contribution in [-0.4, -0.2) is 37.4 Å². The quantitative estimate of drug-likeness (QED) is 0.781. The minimum absolute atomic E-state index is 0.0758. The second-order valence-electron chi connectivity index (χ2n) is 4.54. The van der Waals surface area contributed by atoms with Crippen LogP contribution in [-0.2, 0) is 17.8 Å². The largest absolute Gasteiger partial charge is 0.481 e. The molecular formula is C12H18N2O2S2. The zero-order valence-corrected chi connectivity index (χ0v) is 12.3. The van der Waals surface area contributed by atoms with Crippen molar-refractivity contribution < 1.29 is 9.90 Å². The highest BCUT2D eigenvalue weighted by Crippen LogP contribution is 2.49. The van der Waals surface area contributed by atoms with Crippen LogP contribution in [0.4, 0.5) is 0 Å². The smallest absolute Gasteiger partial charge is 0.313 e. The van der Waals surface area contributed by atoms with Gasteiger partial charge in [-0.3, -0.25) is 4.79 Å². The number of carboxylic acid groups (broad SMARTS) is 1. The van der Waals surface area contributed by atoms with Crippen molar-refractivity contribution in [2.75, 3.05) is 12.0 Å². The van der Waals surface area contributed by atoms with E-state index in [0.29, 0.717) is 4.75 Å². The van der Waals surface area contributed by atoms with E-state index in [1.165, 1.54) is 30.3 Å². The topological polar surface area (TPSA) is 55.1 Å². The molecule has 1 heterocycles. The van der Waals surface area contributed by atoms with Crippen LogP contribution in [0.5, 0.6) is 0 Å². The molecule has 0 aliphatic heterocycles. The van der Waals surface area contributed by atoms with E-state index in [4.69, 9.17) is 5.11 Å². The zero-order valence-electron chi connectivity index (χ0n) is 10.7. The van der Waals surface area contributed by atoms with Crippen LogP contribution in [0.25, 0.3) is 0 Å². The van der Waals surface area contributed by atoms with E-state index >= 15 is 0 Å². The van der Waals surface area contributed by atoms with Crippen LogP contribution in [0.15, 0.2) is 11.4 Å². The molecule has 0 bridgehead atoms. The minimum Gasteiger partial charge on any atom is -0.481 e. The summed E-state index contributed by atoms with van der Waals surface area (Å²) >= 11 is 3.23. The fourth-order valence-corrected chi connectivity index (χ4v) is 3.43. The van der Waals surface area contributed by atoms with E-state index in [1.807, 2.05) is 18.0 Å². The Morgan fingerprint density at radius 1 is 1.61 bits per heavy atom. The van der Waals surface area contributed by atoms with Gasteiger partial charge in [-0.2, -0.15) is 11.8 Å². The van der Waals surface area contributed by atoms with Gasteiger partial charge in [0.15, 0.2) is 5.16 Å². The summed E-state index contributed by atoms with van der Waals surface area (Å²) in [5, 5.41) is 9.60. The van der Waals surface area contributed by atoms with Gasteiger partial charge in [-0.15, -0.1) is 0 Å². The van der Waals surface area contributed by atoms with Crippen LogP contribution in [0.2, 0.25) is 0 Å². The number of thioether (sulfide) groups is 2. The number of carbonyl (C=O) groups is 1. The van der Waals surface area contributed by atoms with Crippen molar-refractivity contribution in [1.82, 2.24) is 9.55 Å². The number of hydrogen-bond donors (Lipinski definition) is 1. The van der Waals surface area contributed by atoms with Gasteiger partial charge in [0.1, 0.15) is 0 Å². The molecule has 1 N–H and O–H groups in total. The maximum Gasteiger partial charge on any atom is 0.313 e. The van der Waals surface area contributed by atoms with Crippen LogP contribution in [0.3, 0.4) is 0 Å². The van der Waals surface area contributed by atoms with Crippen molar-refractivity contribution >= 4 is 29.5 Å². The van der Waals surface area contributed by atoms with Crippen molar-refractivity contribution in [2.45, 2.75) is 42.6 Å². The number of aryl methyl sites for hydroxylation is 1. The van der Waals surface area contributed by atoms with Crippen LogP contribution < -0.4 is 0 Å². The van der Waals surface area contributed by atoms with E-state index in [0.717, 1.165) is 18.1 Å². The number of rotatable bonds is 7. The standard InChI is InChI=1S/C12H18N2O2S2/c1-3-9-6-13-11(18-7-10(15)16)14(9)8-12(17-2)4-5-12/h6H,3-5,7-8H2,1-2H3,(H,15,16). The molecule has 1 fully saturated rings. The second-order valence-corrected chi connectivity index (χ2v) is 6.76. The minimum atomic E-state index is -0.793. The lowest BCUT2D eigenvalue weighted by Crippen LogP contribution is -2.16. The van der Waals surface area contributed by atoms with E-state index in [1.54, 1.807) is 0 Å². The summed E-state index contributed by atoms with van der Waals surface area (Å²) in [5.41, 5.74) is 1.20. The van der Waals surface area contributed by atoms with Gasteiger partial charge in [0.05, 0.1) is 5.75 Å². The zero-order chi connectivity index (χ0) is 13.2. The first-order chi connectivity index (χ1) is 8.60. The molecule has 0 spiro atoms. The predicted octanol–water partition coefficient (Wildman–Crippen LogP) is 2.52. The van der Waals surface area contributed by atoms with E-state index in [9.17, 15) is 4.79 Å². The number of aromatic nitrogens is 2. The molecule has 0 radical (unpaired) electrons. The van der Waals surface area contributed by atoms with Crippen molar-refractivity contribution in [3.05, 3.63) is 11.9 Å². The molecule has 18 heavy (non-hydrogen) atoms. The molecule has 6 heteroatoms. The van der Waals surface area contributed by atoms with Gasteiger partial charge >= 0.3 is 5.97 Å². The van der Waals surface area contributed by atoms with Crippen LogP contribution >= 0.6 is 23.5 Å². The van der Waals surface area contributed by atoms with Gasteiger partial charge in [-0.05, 0) is 25.5 Å². The van der Waals surface area contributed by atoms with E-state index < -0.39 is 5.97 Å². The SMILES string of the molecule is CCc1cnc(SCC(=O)O)n1CC1(SC)CC1. The molecule has 2 rings (SSSR count). The Kier molecular flexibility index (Phi) is 4.27. The molecule has 0 unspecified atom stereocenters. The molecule has 100 valence electrons. The molecule has 4 nitrogen and oxygen atoms in total. The van der Waals surface area contributed by atoms with Crippen molar-refractivity contribution in [2.24, 2.45) is 0 Å². The maximum absolute atomic E-state index is 10.7.